The maximum atomic E-state index is 11.9. The van der Waals surface area contributed by atoms with E-state index in [9.17, 15) is 9.90 Å². The summed E-state index contributed by atoms with van der Waals surface area (Å²) >= 11 is 0. The highest BCUT2D eigenvalue weighted by atomic mass is 16.4. The minimum absolute atomic E-state index is 0.0268. The summed E-state index contributed by atoms with van der Waals surface area (Å²) < 4.78 is 0. The topological polar surface area (TPSA) is 37.3 Å². The maximum absolute atomic E-state index is 11.9. The van der Waals surface area contributed by atoms with Crippen molar-refractivity contribution in [2.75, 3.05) is 0 Å². The lowest BCUT2D eigenvalue weighted by Gasteiger charge is -2.32. The van der Waals surface area contributed by atoms with Crippen LogP contribution in [-0.4, -0.2) is 11.1 Å². The van der Waals surface area contributed by atoms with Gasteiger partial charge in [0, 0.05) is 11.8 Å². The monoisotopic (exact) mass is 278 g/mol. The predicted octanol–water partition coefficient (Wildman–Crippen LogP) is 4.21. The molecule has 106 valence electrons. The molecule has 21 heavy (non-hydrogen) atoms. The second-order valence-corrected chi connectivity index (χ2v) is 5.48. The number of hydrogen-bond donors (Lipinski definition) is 1. The Hall–Kier alpha value is -2.35. The minimum Gasteiger partial charge on any atom is -0.481 e. The Balaban J connectivity index is 2.00. The van der Waals surface area contributed by atoms with Gasteiger partial charge in [0.15, 0.2) is 0 Å². The zero-order chi connectivity index (χ0) is 14.7. The number of carboxylic acid groups (broad SMARTS) is 1. The van der Waals surface area contributed by atoms with Gasteiger partial charge in [0.1, 0.15) is 0 Å². The first kappa shape index (κ1) is 13.6. The van der Waals surface area contributed by atoms with E-state index in [4.69, 9.17) is 0 Å². The Morgan fingerprint density at radius 2 is 1.48 bits per heavy atom. The number of allylic oxidation sites excluding steroid dienone is 2. The molecule has 0 aromatic heterocycles. The van der Waals surface area contributed by atoms with E-state index in [2.05, 4.69) is 6.08 Å². The summed E-state index contributed by atoms with van der Waals surface area (Å²) in [6.45, 7) is 0. The lowest BCUT2D eigenvalue weighted by Crippen LogP contribution is -2.29. The molecule has 2 aromatic carbocycles. The highest BCUT2D eigenvalue weighted by Gasteiger charge is 2.37. The van der Waals surface area contributed by atoms with E-state index in [1.54, 1.807) is 0 Å². The average molecular weight is 278 g/mol. The SMILES string of the molecule is O=C(O)C1C(c2ccccc2)C=CCC1c1ccccc1. The number of carboxylic acids is 1. The van der Waals surface area contributed by atoms with Gasteiger partial charge in [-0.1, -0.05) is 72.8 Å². The zero-order valence-corrected chi connectivity index (χ0v) is 11.7. The standard InChI is InChI=1S/C19H18O2/c20-19(21)18-16(14-8-3-1-4-9-14)12-7-13-17(18)15-10-5-2-6-11-15/h1-12,16-18H,13H2,(H,20,21). The molecule has 2 heteroatoms. The Morgan fingerprint density at radius 3 is 2.05 bits per heavy atom. The van der Waals surface area contributed by atoms with Crippen molar-refractivity contribution in [1.29, 1.82) is 0 Å². The number of hydrogen-bond acceptors (Lipinski definition) is 1. The molecule has 0 bridgehead atoms. The highest BCUT2D eigenvalue weighted by Crippen LogP contribution is 2.42. The molecule has 1 aliphatic rings. The first-order valence-corrected chi connectivity index (χ1v) is 7.26. The normalized spacial score (nSPS) is 24.7. The zero-order valence-electron chi connectivity index (χ0n) is 11.7. The van der Waals surface area contributed by atoms with Crippen molar-refractivity contribution in [2.45, 2.75) is 18.3 Å². The van der Waals surface area contributed by atoms with Crippen LogP contribution in [0.3, 0.4) is 0 Å². The summed E-state index contributed by atoms with van der Waals surface area (Å²) in [6.07, 6.45) is 4.95. The molecular weight excluding hydrogens is 260 g/mol. The molecule has 1 aliphatic carbocycles. The van der Waals surface area contributed by atoms with E-state index >= 15 is 0 Å². The van der Waals surface area contributed by atoms with Crippen LogP contribution < -0.4 is 0 Å². The molecule has 2 nitrogen and oxygen atoms in total. The van der Waals surface area contributed by atoms with Crippen molar-refractivity contribution in [2.24, 2.45) is 5.92 Å². The third kappa shape index (κ3) is 2.75. The smallest absolute Gasteiger partial charge is 0.308 e. The summed E-state index contributed by atoms with van der Waals surface area (Å²) in [5, 5.41) is 9.77. The third-order valence-corrected chi connectivity index (χ3v) is 4.25. The predicted molar refractivity (Wildman–Crippen MR) is 83.2 cm³/mol. The molecule has 0 fully saturated rings. The molecule has 2 aromatic rings. The van der Waals surface area contributed by atoms with Crippen LogP contribution in [0.25, 0.3) is 0 Å². The lowest BCUT2D eigenvalue weighted by molar-refractivity contribution is -0.143. The fourth-order valence-electron chi connectivity index (χ4n) is 3.25. The molecule has 0 spiro atoms. The number of benzene rings is 2. The van der Waals surface area contributed by atoms with E-state index in [0.717, 1.165) is 17.5 Å². The molecule has 3 atom stereocenters. The molecular formula is C19H18O2. The number of carbonyl (C=O) groups is 1. The molecule has 3 unspecified atom stereocenters. The molecule has 0 saturated heterocycles. The van der Waals surface area contributed by atoms with Crippen LogP contribution in [0.1, 0.15) is 29.4 Å². The third-order valence-electron chi connectivity index (χ3n) is 4.25. The van der Waals surface area contributed by atoms with Gasteiger partial charge in [-0.25, -0.2) is 0 Å². The molecule has 1 N–H and O–H groups in total. The fourth-order valence-corrected chi connectivity index (χ4v) is 3.25. The van der Waals surface area contributed by atoms with Crippen LogP contribution in [0.5, 0.6) is 0 Å². The van der Waals surface area contributed by atoms with Gasteiger partial charge >= 0.3 is 5.97 Å². The van der Waals surface area contributed by atoms with E-state index in [1.165, 1.54) is 0 Å². The van der Waals surface area contributed by atoms with Gasteiger partial charge in [-0.15, -0.1) is 0 Å². The molecule has 0 aliphatic heterocycles. The summed E-state index contributed by atoms with van der Waals surface area (Å²) in [5.41, 5.74) is 2.18. The first-order valence-electron chi connectivity index (χ1n) is 7.26. The second kappa shape index (κ2) is 5.96. The van der Waals surface area contributed by atoms with E-state index in [0.29, 0.717) is 0 Å². The van der Waals surface area contributed by atoms with Gasteiger partial charge in [0.25, 0.3) is 0 Å². The van der Waals surface area contributed by atoms with Gasteiger partial charge in [-0.2, -0.15) is 0 Å². The highest BCUT2D eigenvalue weighted by molar-refractivity contribution is 5.74. The van der Waals surface area contributed by atoms with Gasteiger partial charge in [-0.3, -0.25) is 4.79 Å². The lowest BCUT2D eigenvalue weighted by atomic mass is 9.70. The summed E-state index contributed by atoms with van der Waals surface area (Å²) in [7, 11) is 0. The van der Waals surface area contributed by atoms with Crippen LogP contribution >= 0.6 is 0 Å². The van der Waals surface area contributed by atoms with Crippen LogP contribution in [0.2, 0.25) is 0 Å². The number of rotatable bonds is 3. The van der Waals surface area contributed by atoms with Crippen molar-refractivity contribution >= 4 is 5.97 Å². The largest absolute Gasteiger partial charge is 0.481 e. The van der Waals surface area contributed by atoms with Crippen molar-refractivity contribution in [3.63, 3.8) is 0 Å². The summed E-state index contributed by atoms with van der Waals surface area (Å²) in [4.78, 5) is 11.9. The van der Waals surface area contributed by atoms with Crippen LogP contribution in [0.15, 0.2) is 72.8 Å². The van der Waals surface area contributed by atoms with Gasteiger partial charge in [0.2, 0.25) is 0 Å². The van der Waals surface area contributed by atoms with Gasteiger partial charge < -0.3 is 5.11 Å². The Morgan fingerprint density at radius 1 is 0.905 bits per heavy atom. The average Bonchev–Trinajstić information content (AvgIpc) is 2.55. The van der Waals surface area contributed by atoms with Crippen molar-refractivity contribution in [1.82, 2.24) is 0 Å². The first-order chi connectivity index (χ1) is 10.3. The van der Waals surface area contributed by atoms with E-state index in [1.807, 2.05) is 66.7 Å². The second-order valence-electron chi connectivity index (χ2n) is 5.48. The molecule has 0 amide bonds. The quantitative estimate of drug-likeness (QED) is 0.854. The van der Waals surface area contributed by atoms with Crippen LogP contribution in [0, 0.1) is 5.92 Å². The summed E-state index contributed by atoms with van der Waals surface area (Å²) in [5.74, 6) is -1.18. The molecule has 3 rings (SSSR count). The Kier molecular flexibility index (Phi) is 3.87. The molecule has 0 saturated carbocycles. The number of aliphatic carboxylic acids is 1. The fraction of sp³-hybridized carbons (Fsp3) is 0.211. The molecule has 0 heterocycles. The minimum atomic E-state index is -0.720. The maximum Gasteiger partial charge on any atom is 0.308 e. The summed E-state index contributed by atoms with van der Waals surface area (Å²) in [6, 6.07) is 19.9. The Labute approximate surface area is 124 Å². The van der Waals surface area contributed by atoms with E-state index in [-0.39, 0.29) is 11.8 Å². The molecule has 0 radical (unpaired) electrons. The van der Waals surface area contributed by atoms with Crippen LogP contribution in [0.4, 0.5) is 0 Å². The van der Waals surface area contributed by atoms with Gasteiger partial charge in [0.05, 0.1) is 5.92 Å². The van der Waals surface area contributed by atoms with Crippen molar-refractivity contribution in [3.05, 3.63) is 83.9 Å². The van der Waals surface area contributed by atoms with Crippen LogP contribution in [-0.2, 0) is 4.79 Å². The van der Waals surface area contributed by atoms with Crippen molar-refractivity contribution < 1.29 is 9.90 Å². The van der Waals surface area contributed by atoms with Crippen molar-refractivity contribution in [3.8, 4) is 0 Å². The van der Waals surface area contributed by atoms with E-state index < -0.39 is 11.9 Å². The Bertz CT molecular complexity index is 631. The van der Waals surface area contributed by atoms with Gasteiger partial charge in [-0.05, 0) is 17.5 Å².